The van der Waals surface area contributed by atoms with Gasteiger partial charge in [0.05, 0.1) is 6.10 Å². The first-order chi connectivity index (χ1) is 6.74. The van der Waals surface area contributed by atoms with Gasteiger partial charge in [0.25, 0.3) is 0 Å². The van der Waals surface area contributed by atoms with Gasteiger partial charge in [-0.1, -0.05) is 13.8 Å². The maximum absolute atomic E-state index is 11.6. The maximum atomic E-state index is 11.6. The Labute approximate surface area is 87.0 Å². The Hall–Kier alpha value is -0.370. The molecule has 0 aromatic rings. The molecule has 0 aromatic carbocycles. The van der Waals surface area contributed by atoms with E-state index in [2.05, 4.69) is 6.92 Å². The molecule has 82 valence electrons. The monoisotopic (exact) mass is 198 g/mol. The molecule has 0 aliphatic carbocycles. The minimum atomic E-state index is 0.235. The van der Waals surface area contributed by atoms with Gasteiger partial charge in [0.1, 0.15) is 5.78 Å². The largest absolute Gasteiger partial charge is 0.378 e. The molecule has 0 spiro atoms. The summed E-state index contributed by atoms with van der Waals surface area (Å²) >= 11 is 0. The Kier molecular flexibility index (Phi) is 5.16. The van der Waals surface area contributed by atoms with Gasteiger partial charge in [-0.2, -0.15) is 0 Å². The fraction of sp³-hybridized carbons (Fsp3) is 0.917. The number of hydrogen-bond donors (Lipinski definition) is 0. The number of hydrogen-bond acceptors (Lipinski definition) is 2. The van der Waals surface area contributed by atoms with Crippen LogP contribution in [-0.4, -0.2) is 18.5 Å². The Balaban J connectivity index is 2.15. The van der Waals surface area contributed by atoms with Crippen molar-refractivity contribution in [3.05, 3.63) is 0 Å². The zero-order chi connectivity index (χ0) is 10.4. The number of ketones is 1. The van der Waals surface area contributed by atoms with Gasteiger partial charge in [0, 0.05) is 18.9 Å². The lowest BCUT2D eigenvalue weighted by Gasteiger charge is -2.22. The van der Waals surface area contributed by atoms with Crippen LogP contribution in [0.1, 0.15) is 52.4 Å². The summed E-state index contributed by atoms with van der Waals surface area (Å²) in [6, 6.07) is 0. The van der Waals surface area contributed by atoms with Crippen LogP contribution in [0.3, 0.4) is 0 Å². The van der Waals surface area contributed by atoms with Crippen LogP contribution in [0.4, 0.5) is 0 Å². The van der Waals surface area contributed by atoms with E-state index < -0.39 is 0 Å². The fourth-order valence-electron chi connectivity index (χ4n) is 1.81. The molecule has 0 saturated carbocycles. The second-order valence-corrected chi connectivity index (χ2v) is 4.30. The zero-order valence-electron chi connectivity index (χ0n) is 9.42. The van der Waals surface area contributed by atoms with Crippen molar-refractivity contribution < 1.29 is 9.53 Å². The number of Topliss-reactive ketones (excluding diaryl/α,β-unsaturated/α-hetero) is 1. The van der Waals surface area contributed by atoms with Crippen LogP contribution in [0.25, 0.3) is 0 Å². The molecule has 2 atom stereocenters. The van der Waals surface area contributed by atoms with E-state index in [1.54, 1.807) is 0 Å². The van der Waals surface area contributed by atoms with Gasteiger partial charge in [-0.15, -0.1) is 0 Å². The standard InChI is InChI=1S/C12H22O2/c1-3-10(2)12(13)8-7-11-6-4-5-9-14-11/h10-11H,3-9H2,1-2H3. The minimum absolute atomic E-state index is 0.235. The molecular weight excluding hydrogens is 176 g/mol. The number of carbonyl (C=O) groups is 1. The molecule has 1 aliphatic heterocycles. The van der Waals surface area contributed by atoms with Crippen molar-refractivity contribution in [2.24, 2.45) is 5.92 Å². The first kappa shape index (κ1) is 11.7. The fourth-order valence-corrected chi connectivity index (χ4v) is 1.81. The highest BCUT2D eigenvalue weighted by atomic mass is 16.5. The third kappa shape index (κ3) is 3.79. The van der Waals surface area contributed by atoms with E-state index in [0.717, 1.165) is 25.9 Å². The lowest BCUT2D eigenvalue weighted by atomic mass is 9.96. The quantitative estimate of drug-likeness (QED) is 0.679. The Bertz CT molecular complexity index is 171. The highest BCUT2D eigenvalue weighted by Gasteiger charge is 2.17. The van der Waals surface area contributed by atoms with Crippen LogP contribution in [0.2, 0.25) is 0 Å². The second kappa shape index (κ2) is 6.18. The van der Waals surface area contributed by atoms with Gasteiger partial charge < -0.3 is 4.74 Å². The van der Waals surface area contributed by atoms with Crippen molar-refractivity contribution in [1.29, 1.82) is 0 Å². The molecule has 1 heterocycles. The number of carbonyl (C=O) groups excluding carboxylic acids is 1. The predicted molar refractivity (Wildman–Crippen MR) is 57.3 cm³/mol. The topological polar surface area (TPSA) is 26.3 Å². The highest BCUT2D eigenvalue weighted by Crippen LogP contribution is 2.18. The van der Waals surface area contributed by atoms with Crippen LogP contribution < -0.4 is 0 Å². The van der Waals surface area contributed by atoms with Gasteiger partial charge >= 0.3 is 0 Å². The zero-order valence-corrected chi connectivity index (χ0v) is 9.42. The first-order valence-corrected chi connectivity index (χ1v) is 5.88. The highest BCUT2D eigenvalue weighted by molar-refractivity contribution is 5.80. The van der Waals surface area contributed by atoms with Gasteiger partial charge in [0.15, 0.2) is 0 Å². The van der Waals surface area contributed by atoms with Crippen LogP contribution >= 0.6 is 0 Å². The lowest BCUT2D eigenvalue weighted by Crippen LogP contribution is -2.21. The minimum Gasteiger partial charge on any atom is -0.378 e. The SMILES string of the molecule is CCC(C)C(=O)CCC1CCCCO1. The Morgan fingerprint density at radius 3 is 2.86 bits per heavy atom. The van der Waals surface area contributed by atoms with Crippen molar-refractivity contribution in [2.75, 3.05) is 6.61 Å². The van der Waals surface area contributed by atoms with Crippen LogP contribution in [0.15, 0.2) is 0 Å². The first-order valence-electron chi connectivity index (χ1n) is 5.88. The molecule has 2 heteroatoms. The summed E-state index contributed by atoms with van der Waals surface area (Å²) in [4.78, 5) is 11.6. The normalized spacial score (nSPS) is 24.6. The molecule has 2 unspecified atom stereocenters. The van der Waals surface area contributed by atoms with Crippen molar-refractivity contribution >= 4 is 5.78 Å². The lowest BCUT2D eigenvalue weighted by molar-refractivity contribution is -0.123. The van der Waals surface area contributed by atoms with Gasteiger partial charge in [-0.3, -0.25) is 4.79 Å². The third-order valence-corrected chi connectivity index (χ3v) is 3.15. The predicted octanol–water partition coefficient (Wildman–Crippen LogP) is 2.95. The number of rotatable bonds is 5. The van der Waals surface area contributed by atoms with E-state index in [-0.39, 0.29) is 5.92 Å². The average Bonchev–Trinajstić information content (AvgIpc) is 2.26. The Morgan fingerprint density at radius 2 is 2.29 bits per heavy atom. The van der Waals surface area contributed by atoms with E-state index in [1.807, 2.05) is 6.92 Å². The molecule has 0 radical (unpaired) electrons. The van der Waals surface area contributed by atoms with Gasteiger partial charge in [0.2, 0.25) is 0 Å². The van der Waals surface area contributed by atoms with Crippen molar-refractivity contribution in [3.63, 3.8) is 0 Å². The van der Waals surface area contributed by atoms with Crippen molar-refractivity contribution in [2.45, 2.75) is 58.5 Å². The van der Waals surface area contributed by atoms with E-state index in [4.69, 9.17) is 4.74 Å². The summed E-state index contributed by atoms with van der Waals surface area (Å²) in [6.07, 6.45) is 6.57. The smallest absolute Gasteiger partial charge is 0.135 e. The Morgan fingerprint density at radius 1 is 1.50 bits per heavy atom. The molecule has 0 N–H and O–H groups in total. The van der Waals surface area contributed by atoms with E-state index in [9.17, 15) is 4.79 Å². The summed E-state index contributed by atoms with van der Waals surface area (Å²) < 4.78 is 5.59. The van der Waals surface area contributed by atoms with E-state index in [0.29, 0.717) is 18.3 Å². The van der Waals surface area contributed by atoms with Crippen LogP contribution in [0, 0.1) is 5.92 Å². The number of ether oxygens (including phenoxy) is 1. The second-order valence-electron chi connectivity index (χ2n) is 4.30. The summed E-state index contributed by atoms with van der Waals surface area (Å²) in [5.74, 6) is 0.639. The van der Waals surface area contributed by atoms with Crippen molar-refractivity contribution in [3.8, 4) is 0 Å². The molecule has 0 amide bonds. The molecule has 2 nitrogen and oxygen atoms in total. The molecule has 1 fully saturated rings. The molecule has 1 aliphatic rings. The molecule has 14 heavy (non-hydrogen) atoms. The van der Waals surface area contributed by atoms with Gasteiger partial charge in [-0.25, -0.2) is 0 Å². The molecule has 1 rings (SSSR count). The third-order valence-electron chi connectivity index (χ3n) is 3.15. The molecule has 1 saturated heterocycles. The van der Waals surface area contributed by atoms with E-state index >= 15 is 0 Å². The van der Waals surface area contributed by atoms with E-state index in [1.165, 1.54) is 12.8 Å². The van der Waals surface area contributed by atoms with Crippen molar-refractivity contribution in [1.82, 2.24) is 0 Å². The summed E-state index contributed by atoms with van der Waals surface area (Å²) in [7, 11) is 0. The molecule has 0 aromatic heterocycles. The molecular formula is C12H22O2. The van der Waals surface area contributed by atoms with Crippen LogP contribution in [-0.2, 0) is 9.53 Å². The summed E-state index contributed by atoms with van der Waals surface area (Å²) in [5.41, 5.74) is 0. The summed E-state index contributed by atoms with van der Waals surface area (Å²) in [5, 5.41) is 0. The summed E-state index contributed by atoms with van der Waals surface area (Å²) in [6.45, 7) is 4.98. The molecule has 0 bridgehead atoms. The average molecular weight is 198 g/mol. The van der Waals surface area contributed by atoms with Gasteiger partial charge in [-0.05, 0) is 32.1 Å². The van der Waals surface area contributed by atoms with Crippen LogP contribution in [0.5, 0.6) is 0 Å². The maximum Gasteiger partial charge on any atom is 0.135 e.